The van der Waals surface area contributed by atoms with E-state index in [0.717, 1.165) is 18.4 Å². The fourth-order valence-electron chi connectivity index (χ4n) is 3.37. The van der Waals surface area contributed by atoms with Gasteiger partial charge >= 0.3 is 0 Å². The van der Waals surface area contributed by atoms with Gasteiger partial charge in [0, 0.05) is 12.6 Å². The van der Waals surface area contributed by atoms with E-state index in [0.29, 0.717) is 23.7 Å². The maximum absolute atomic E-state index is 12.6. The third-order valence-corrected chi connectivity index (χ3v) is 4.66. The highest BCUT2D eigenvalue weighted by molar-refractivity contribution is 5.98. The van der Waals surface area contributed by atoms with Gasteiger partial charge in [-0.2, -0.15) is 0 Å². The first kappa shape index (κ1) is 18.5. The van der Waals surface area contributed by atoms with Gasteiger partial charge in [0.15, 0.2) is 5.69 Å². The highest BCUT2D eigenvalue weighted by Gasteiger charge is 2.26. The Morgan fingerprint density at radius 2 is 1.96 bits per heavy atom. The van der Waals surface area contributed by atoms with E-state index in [-0.39, 0.29) is 24.4 Å². The molecular formula is C18H24ClN3O2. The Kier molecular flexibility index (Phi) is 6.82. The zero-order valence-electron chi connectivity index (χ0n) is 13.6. The number of hydrogen-bond donors (Lipinski definition) is 2. The monoisotopic (exact) mass is 349 g/mol. The lowest BCUT2D eigenvalue weighted by Crippen LogP contribution is -2.46. The fourth-order valence-corrected chi connectivity index (χ4v) is 3.37. The Labute approximate surface area is 148 Å². The number of nitrogens with zero attached hydrogens (tertiary/aromatic N) is 1. The number of hydrogen-bond acceptors (Lipinski definition) is 4. The van der Waals surface area contributed by atoms with Gasteiger partial charge in [-0.1, -0.05) is 54.8 Å². The highest BCUT2D eigenvalue weighted by atomic mass is 35.5. The first-order valence-electron chi connectivity index (χ1n) is 8.30. The summed E-state index contributed by atoms with van der Waals surface area (Å²) in [7, 11) is 0. The molecule has 1 aliphatic carbocycles. The molecule has 24 heavy (non-hydrogen) atoms. The van der Waals surface area contributed by atoms with E-state index in [2.05, 4.69) is 10.5 Å². The minimum atomic E-state index is -0.210. The number of carbonyl (C=O) groups is 1. The van der Waals surface area contributed by atoms with Crippen molar-refractivity contribution in [3.63, 3.8) is 0 Å². The van der Waals surface area contributed by atoms with Crippen LogP contribution < -0.4 is 11.1 Å². The van der Waals surface area contributed by atoms with Crippen LogP contribution in [-0.2, 0) is 0 Å². The molecule has 2 aromatic rings. The van der Waals surface area contributed by atoms with Gasteiger partial charge in [-0.15, -0.1) is 12.4 Å². The molecule has 1 heterocycles. The Bertz CT molecular complexity index is 639. The summed E-state index contributed by atoms with van der Waals surface area (Å²) in [6.45, 7) is 0.453. The maximum Gasteiger partial charge on any atom is 0.274 e. The van der Waals surface area contributed by atoms with Crippen LogP contribution in [0.1, 0.15) is 42.6 Å². The summed E-state index contributed by atoms with van der Waals surface area (Å²) in [5.74, 6) is 0.253. The third-order valence-electron chi connectivity index (χ3n) is 4.66. The summed E-state index contributed by atoms with van der Waals surface area (Å²) < 4.78 is 5.04. The Hall–Kier alpha value is -1.85. The van der Waals surface area contributed by atoms with Crippen molar-refractivity contribution in [2.24, 2.45) is 11.7 Å². The van der Waals surface area contributed by atoms with Crippen molar-refractivity contribution in [2.45, 2.75) is 38.1 Å². The first-order valence-corrected chi connectivity index (χ1v) is 8.30. The average Bonchev–Trinajstić information content (AvgIpc) is 3.11. The number of halogens is 1. The summed E-state index contributed by atoms with van der Waals surface area (Å²) in [6.07, 6.45) is 7.50. The Balaban J connectivity index is 0.00000208. The third kappa shape index (κ3) is 4.16. The minimum Gasteiger partial charge on any atom is -0.363 e. The van der Waals surface area contributed by atoms with E-state index in [1.54, 1.807) is 0 Å². The van der Waals surface area contributed by atoms with Gasteiger partial charge < -0.3 is 15.6 Å². The molecule has 5 nitrogen and oxygen atoms in total. The maximum atomic E-state index is 12.6. The van der Waals surface area contributed by atoms with Crippen molar-refractivity contribution in [3.8, 4) is 11.1 Å². The number of carbonyl (C=O) groups excluding carboxylic acids is 1. The van der Waals surface area contributed by atoms with Gasteiger partial charge in [-0.3, -0.25) is 4.79 Å². The van der Waals surface area contributed by atoms with Crippen LogP contribution in [-0.4, -0.2) is 23.7 Å². The lowest BCUT2D eigenvalue weighted by molar-refractivity contribution is 0.0907. The molecule has 0 saturated heterocycles. The molecule has 1 atom stereocenters. The van der Waals surface area contributed by atoms with Crippen molar-refractivity contribution < 1.29 is 9.32 Å². The van der Waals surface area contributed by atoms with Crippen LogP contribution in [0.15, 0.2) is 41.1 Å². The van der Waals surface area contributed by atoms with Crippen molar-refractivity contribution in [3.05, 3.63) is 42.3 Å². The number of nitrogens with one attached hydrogen (secondary N) is 1. The van der Waals surface area contributed by atoms with Gasteiger partial charge in [0.2, 0.25) is 0 Å². The second-order valence-corrected chi connectivity index (χ2v) is 6.16. The molecule has 1 aromatic carbocycles. The Morgan fingerprint density at radius 1 is 1.25 bits per heavy atom. The molecule has 0 radical (unpaired) electrons. The largest absolute Gasteiger partial charge is 0.363 e. The van der Waals surface area contributed by atoms with Gasteiger partial charge in [-0.25, -0.2) is 0 Å². The van der Waals surface area contributed by atoms with E-state index < -0.39 is 0 Å². The van der Waals surface area contributed by atoms with Crippen molar-refractivity contribution in [1.29, 1.82) is 0 Å². The second-order valence-electron chi connectivity index (χ2n) is 6.16. The molecule has 0 spiro atoms. The fraction of sp³-hybridized carbons (Fsp3) is 0.444. The van der Waals surface area contributed by atoms with Gasteiger partial charge in [-0.05, 0) is 24.3 Å². The second kappa shape index (κ2) is 8.85. The summed E-state index contributed by atoms with van der Waals surface area (Å²) >= 11 is 0. The lowest BCUT2D eigenvalue weighted by atomic mass is 9.84. The average molecular weight is 350 g/mol. The van der Waals surface area contributed by atoms with Crippen LogP contribution in [0.5, 0.6) is 0 Å². The highest BCUT2D eigenvalue weighted by Crippen LogP contribution is 2.27. The molecule has 1 unspecified atom stereocenters. The Morgan fingerprint density at radius 3 is 2.62 bits per heavy atom. The molecule has 1 fully saturated rings. The molecule has 6 heteroatoms. The summed E-state index contributed by atoms with van der Waals surface area (Å²) in [5, 5.41) is 6.96. The number of rotatable bonds is 5. The van der Waals surface area contributed by atoms with E-state index in [9.17, 15) is 4.79 Å². The standard InChI is InChI=1S/C18H23N3O2.ClH/c19-11-16(14-9-5-2-6-10-14)20-18(22)17-15(12-23-21-17)13-7-3-1-4-8-13;/h1,3-4,7-8,12,14,16H,2,5-6,9-11,19H2,(H,20,22);1H. The molecule has 130 valence electrons. The SMILES string of the molecule is Cl.NCC(NC(=O)c1nocc1-c1ccccc1)C1CCCCC1. The van der Waals surface area contributed by atoms with Gasteiger partial charge in [0.25, 0.3) is 5.91 Å². The number of benzene rings is 1. The van der Waals surface area contributed by atoms with Crippen LogP contribution in [0, 0.1) is 5.92 Å². The predicted molar refractivity (Wildman–Crippen MR) is 96.1 cm³/mol. The van der Waals surface area contributed by atoms with Crippen LogP contribution in [0.4, 0.5) is 0 Å². The number of nitrogens with two attached hydrogens (primary N) is 1. The van der Waals surface area contributed by atoms with Crippen LogP contribution in [0.3, 0.4) is 0 Å². The molecule has 1 aliphatic rings. The van der Waals surface area contributed by atoms with E-state index >= 15 is 0 Å². The number of amides is 1. The van der Waals surface area contributed by atoms with Gasteiger partial charge in [0.1, 0.15) is 6.26 Å². The molecule has 0 bridgehead atoms. The molecule has 1 amide bonds. The molecule has 0 aliphatic heterocycles. The first-order chi connectivity index (χ1) is 11.3. The predicted octanol–water partition coefficient (Wildman–Crippen LogP) is 3.40. The summed E-state index contributed by atoms with van der Waals surface area (Å²) in [5.41, 5.74) is 7.85. The molecular weight excluding hydrogens is 326 g/mol. The molecule has 1 saturated carbocycles. The van der Waals surface area contributed by atoms with Gasteiger partial charge in [0.05, 0.1) is 5.56 Å². The minimum absolute atomic E-state index is 0. The van der Waals surface area contributed by atoms with Crippen molar-refractivity contribution in [1.82, 2.24) is 10.5 Å². The zero-order chi connectivity index (χ0) is 16.1. The smallest absolute Gasteiger partial charge is 0.274 e. The lowest BCUT2D eigenvalue weighted by Gasteiger charge is -2.29. The quantitative estimate of drug-likeness (QED) is 0.866. The molecule has 3 rings (SSSR count). The van der Waals surface area contributed by atoms with Crippen LogP contribution in [0.2, 0.25) is 0 Å². The normalized spacial score (nSPS) is 16.2. The van der Waals surface area contributed by atoms with E-state index in [1.807, 2.05) is 30.3 Å². The topological polar surface area (TPSA) is 81.1 Å². The zero-order valence-corrected chi connectivity index (χ0v) is 14.4. The van der Waals surface area contributed by atoms with Crippen molar-refractivity contribution in [2.75, 3.05) is 6.54 Å². The number of aromatic nitrogens is 1. The summed E-state index contributed by atoms with van der Waals surface area (Å²) in [4.78, 5) is 12.6. The van der Waals surface area contributed by atoms with E-state index in [4.69, 9.17) is 10.3 Å². The molecule has 1 aromatic heterocycles. The van der Waals surface area contributed by atoms with Crippen LogP contribution in [0.25, 0.3) is 11.1 Å². The van der Waals surface area contributed by atoms with E-state index in [1.165, 1.54) is 25.5 Å². The summed E-state index contributed by atoms with van der Waals surface area (Å²) in [6, 6.07) is 9.66. The molecule has 3 N–H and O–H groups in total. The van der Waals surface area contributed by atoms with Crippen molar-refractivity contribution >= 4 is 18.3 Å². The van der Waals surface area contributed by atoms with Crippen LogP contribution >= 0.6 is 12.4 Å².